The van der Waals surface area contributed by atoms with Crippen molar-refractivity contribution < 1.29 is 4.79 Å². The number of anilines is 1. The van der Waals surface area contributed by atoms with Gasteiger partial charge in [-0.1, -0.05) is 34.1 Å². The molecule has 0 aliphatic heterocycles. The highest BCUT2D eigenvalue weighted by Crippen LogP contribution is 2.19. The third-order valence-corrected chi connectivity index (χ3v) is 4.62. The molecule has 0 aliphatic carbocycles. The first-order chi connectivity index (χ1) is 12.4. The van der Waals surface area contributed by atoms with Crippen LogP contribution in [0, 0.1) is 13.8 Å². The Balaban J connectivity index is 1.79. The maximum absolute atomic E-state index is 12.3. The summed E-state index contributed by atoms with van der Waals surface area (Å²) in [5.41, 5.74) is 4.14. The third kappa shape index (κ3) is 4.26. The number of rotatable bonds is 4. The van der Waals surface area contributed by atoms with Gasteiger partial charge in [0.1, 0.15) is 6.54 Å². The first-order valence-electron chi connectivity index (χ1n) is 8.13. The lowest BCUT2D eigenvalue weighted by Gasteiger charge is -2.09. The van der Waals surface area contributed by atoms with Gasteiger partial charge >= 0.3 is 0 Å². The van der Waals surface area contributed by atoms with Crippen molar-refractivity contribution >= 4 is 27.5 Å². The van der Waals surface area contributed by atoms with Crippen molar-refractivity contribution in [1.29, 1.82) is 0 Å². The summed E-state index contributed by atoms with van der Waals surface area (Å²) in [5, 5.41) is 7.12. The Kier molecular flexibility index (Phi) is 5.32. The second kappa shape index (κ2) is 7.66. The lowest BCUT2D eigenvalue weighted by atomic mass is 10.1. The highest BCUT2D eigenvalue weighted by Gasteiger charge is 2.09. The predicted octanol–water partition coefficient (Wildman–Crippen LogP) is 3.93. The zero-order valence-corrected chi connectivity index (χ0v) is 16.1. The molecule has 0 fully saturated rings. The molecule has 0 atom stereocenters. The number of amides is 1. The van der Waals surface area contributed by atoms with E-state index in [1.54, 1.807) is 6.07 Å². The van der Waals surface area contributed by atoms with Gasteiger partial charge in [-0.15, -0.1) is 0 Å². The van der Waals surface area contributed by atoms with Gasteiger partial charge in [-0.2, -0.15) is 5.10 Å². The normalized spacial score (nSPS) is 10.6. The molecule has 2 aromatic carbocycles. The molecule has 5 nitrogen and oxygen atoms in total. The van der Waals surface area contributed by atoms with Crippen molar-refractivity contribution in [2.45, 2.75) is 20.4 Å². The van der Waals surface area contributed by atoms with Crippen LogP contribution in [0.1, 0.15) is 11.1 Å². The number of nitrogens with zero attached hydrogens (tertiary/aromatic N) is 2. The number of hydrogen-bond donors (Lipinski definition) is 1. The minimum absolute atomic E-state index is 0.143. The van der Waals surface area contributed by atoms with Crippen LogP contribution in [0.15, 0.2) is 63.9 Å². The molecule has 0 saturated heterocycles. The summed E-state index contributed by atoms with van der Waals surface area (Å²) in [6, 6.07) is 16.4. The van der Waals surface area contributed by atoms with E-state index in [1.165, 1.54) is 10.7 Å². The molecule has 26 heavy (non-hydrogen) atoms. The van der Waals surface area contributed by atoms with Gasteiger partial charge in [-0.05, 0) is 55.3 Å². The Bertz CT molecular complexity index is 1010. The van der Waals surface area contributed by atoms with E-state index in [9.17, 15) is 9.59 Å². The van der Waals surface area contributed by atoms with Crippen LogP contribution in [-0.4, -0.2) is 15.7 Å². The zero-order valence-electron chi connectivity index (χ0n) is 14.5. The number of halogens is 1. The smallest absolute Gasteiger partial charge is 0.267 e. The minimum Gasteiger partial charge on any atom is -0.324 e. The number of carbonyl (C=O) groups excluding carboxylic acids is 1. The summed E-state index contributed by atoms with van der Waals surface area (Å²) in [7, 11) is 0. The quantitative estimate of drug-likeness (QED) is 0.707. The van der Waals surface area contributed by atoms with Crippen LogP contribution in [0.3, 0.4) is 0 Å². The van der Waals surface area contributed by atoms with Gasteiger partial charge in [0.15, 0.2) is 0 Å². The summed E-state index contributed by atoms with van der Waals surface area (Å²) in [6.07, 6.45) is 0. The minimum atomic E-state index is -0.318. The molecular weight excluding hydrogens is 394 g/mol. The Morgan fingerprint density at radius 1 is 1.04 bits per heavy atom. The average molecular weight is 412 g/mol. The molecule has 0 spiro atoms. The Morgan fingerprint density at radius 3 is 2.46 bits per heavy atom. The molecule has 3 aromatic rings. The topological polar surface area (TPSA) is 64.0 Å². The Labute approximate surface area is 159 Å². The van der Waals surface area contributed by atoms with Crippen LogP contribution in [0.2, 0.25) is 0 Å². The summed E-state index contributed by atoms with van der Waals surface area (Å²) >= 11 is 3.39. The van der Waals surface area contributed by atoms with Crippen molar-refractivity contribution in [3.63, 3.8) is 0 Å². The number of benzene rings is 2. The summed E-state index contributed by atoms with van der Waals surface area (Å²) in [5.74, 6) is -0.296. The molecule has 6 heteroatoms. The molecular formula is C20H18BrN3O2. The van der Waals surface area contributed by atoms with E-state index >= 15 is 0 Å². The van der Waals surface area contributed by atoms with Gasteiger partial charge < -0.3 is 5.32 Å². The number of hydrogen-bond acceptors (Lipinski definition) is 3. The molecule has 0 bridgehead atoms. The highest BCUT2D eigenvalue weighted by atomic mass is 79.9. The van der Waals surface area contributed by atoms with Crippen LogP contribution in [0.4, 0.5) is 5.69 Å². The number of aryl methyl sites for hydroxylation is 2. The standard InChI is InChI=1S/C20H18BrN3O2/c1-13-3-8-17(11-14(13)2)22-19(25)12-24-20(26)10-9-18(23-24)15-4-6-16(21)7-5-15/h3-11H,12H2,1-2H3,(H,22,25). The van der Waals surface area contributed by atoms with Crippen molar-refractivity contribution in [2.75, 3.05) is 5.32 Å². The third-order valence-electron chi connectivity index (χ3n) is 4.09. The first kappa shape index (κ1) is 18.1. The number of aromatic nitrogens is 2. The van der Waals surface area contributed by atoms with Crippen molar-refractivity contribution in [2.24, 2.45) is 0 Å². The first-order valence-corrected chi connectivity index (χ1v) is 8.93. The maximum atomic E-state index is 12.3. The second-order valence-corrected chi connectivity index (χ2v) is 6.98. The molecule has 0 unspecified atom stereocenters. The molecule has 1 amide bonds. The van der Waals surface area contributed by atoms with E-state index in [2.05, 4.69) is 26.3 Å². The molecule has 1 aromatic heterocycles. The maximum Gasteiger partial charge on any atom is 0.267 e. The largest absolute Gasteiger partial charge is 0.324 e. The fourth-order valence-corrected chi connectivity index (χ4v) is 2.76. The van der Waals surface area contributed by atoms with Gasteiger partial charge in [0.05, 0.1) is 5.69 Å². The molecule has 132 valence electrons. The van der Waals surface area contributed by atoms with Crippen molar-refractivity contribution in [3.8, 4) is 11.3 Å². The summed E-state index contributed by atoms with van der Waals surface area (Å²) in [6.45, 7) is 3.85. The molecule has 1 N–H and O–H groups in total. The van der Waals surface area contributed by atoms with Gasteiger partial charge in [0.25, 0.3) is 5.56 Å². The zero-order chi connectivity index (χ0) is 18.7. The molecule has 1 heterocycles. The van der Waals surface area contributed by atoms with E-state index in [4.69, 9.17) is 0 Å². The number of carbonyl (C=O) groups is 1. The molecule has 0 aliphatic rings. The molecule has 0 radical (unpaired) electrons. The van der Waals surface area contributed by atoms with Crippen LogP contribution < -0.4 is 10.9 Å². The van der Waals surface area contributed by atoms with E-state index in [-0.39, 0.29) is 18.0 Å². The second-order valence-electron chi connectivity index (χ2n) is 6.07. The molecule has 3 rings (SSSR count). The van der Waals surface area contributed by atoms with Crippen molar-refractivity contribution in [3.05, 3.63) is 80.6 Å². The van der Waals surface area contributed by atoms with Gasteiger partial charge in [0, 0.05) is 21.8 Å². The van der Waals surface area contributed by atoms with Gasteiger partial charge in [-0.3, -0.25) is 9.59 Å². The van der Waals surface area contributed by atoms with Crippen LogP contribution in [0.5, 0.6) is 0 Å². The van der Waals surface area contributed by atoms with Gasteiger partial charge in [-0.25, -0.2) is 4.68 Å². The average Bonchev–Trinajstić information content (AvgIpc) is 2.61. The summed E-state index contributed by atoms with van der Waals surface area (Å²) < 4.78 is 2.13. The lowest BCUT2D eigenvalue weighted by Crippen LogP contribution is -2.29. The Morgan fingerprint density at radius 2 is 1.77 bits per heavy atom. The van der Waals surface area contributed by atoms with Crippen molar-refractivity contribution in [1.82, 2.24) is 9.78 Å². The van der Waals surface area contributed by atoms with Crippen LogP contribution in [-0.2, 0) is 11.3 Å². The van der Waals surface area contributed by atoms with E-state index < -0.39 is 0 Å². The predicted molar refractivity (Wildman–Crippen MR) is 106 cm³/mol. The fourth-order valence-electron chi connectivity index (χ4n) is 2.49. The monoisotopic (exact) mass is 411 g/mol. The van der Waals surface area contributed by atoms with E-state index in [1.807, 2.05) is 56.3 Å². The van der Waals surface area contributed by atoms with Crippen LogP contribution >= 0.6 is 15.9 Å². The molecule has 0 saturated carbocycles. The highest BCUT2D eigenvalue weighted by molar-refractivity contribution is 9.10. The van der Waals surface area contributed by atoms with E-state index in [0.717, 1.165) is 21.2 Å². The van der Waals surface area contributed by atoms with E-state index in [0.29, 0.717) is 11.4 Å². The summed E-state index contributed by atoms with van der Waals surface area (Å²) in [4.78, 5) is 24.4. The Hall–Kier alpha value is -2.73. The van der Waals surface area contributed by atoms with Gasteiger partial charge in [0.2, 0.25) is 5.91 Å². The SMILES string of the molecule is Cc1ccc(NC(=O)Cn2nc(-c3ccc(Br)cc3)ccc2=O)cc1C. The van der Waals surface area contributed by atoms with Crippen LogP contribution in [0.25, 0.3) is 11.3 Å². The number of nitrogens with one attached hydrogen (secondary N) is 1. The lowest BCUT2D eigenvalue weighted by molar-refractivity contribution is -0.117. The fraction of sp³-hybridized carbons (Fsp3) is 0.150.